The fraction of sp³-hybridized carbons (Fsp3) is 0.591. The van der Waals surface area contributed by atoms with Crippen molar-refractivity contribution in [1.29, 1.82) is 0 Å². The van der Waals surface area contributed by atoms with E-state index in [0.29, 0.717) is 75.3 Å². The Hall–Kier alpha value is -9.43. The largest absolute Gasteiger partial charge is 0.480 e. The molecule has 4 aromatic rings. The number of rotatable bonds is 23. The van der Waals surface area contributed by atoms with Crippen molar-refractivity contribution in [3.63, 3.8) is 0 Å². The molecule has 6 aliphatic rings. The first-order valence-corrected chi connectivity index (χ1v) is 46.0. The molecule has 2 aliphatic carbocycles. The van der Waals surface area contributed by atoms with Crippen LogP contribution >= 0.6 is 12.4 Å². The van der Waals surface area contributed by atoms with Crippen molar-refractivity contribution in [2.75, 3.05) is 26.2 Å². The van der Waals surface area contributed by atoms with Gasteiger partial charge in [-0.1, -0.05) is 150 Å². The number of fused-ring (bicyclic) bond motifs is 8. The van der Waals surface area contributed by atoms with E-state index in [1.165, 1.54) is 21.9 Å². The number of esters is 2. The van der Waals surface area contributed by atoms with E-state index in [0.717, 1.165) is 68.9 Å². The molecular weight excluding hydrogens is 1670 g/mol. The van der Waals surface area contributed by atoms with Crippen LogP contribution in [0.2, 0.25) is 0 Å². The molecule has 2 saturated heterocycles. The van der Waals surface area contributed by atoms with E-state index in [-0.39, 0.29) is 99.5 Å². The Kier molecular flexibility index (Phi) is 41.0. The maximum atomic E-state index is 14.6. The maximum Gasteiger partial charge on any atom is 0.333 e. The number of aliphatic carboxylic acids is 1. The fourth-order valence-electron chi connectivity index (χ4n) is 16.2. The van der Waals surface area contributed by atoms with Gasteiger partial charge in [-0.15, -0.1) is 12.4 Å². The predicted molar refractivity (Wildman–Crippen MR) is 468 cm³/mol. The molecule has 12 atom stereocenters. The Balaban J connectivity index is 0.000000318. The summed E-state index contributed by atoms with van der Waals surface area (Å²) in [4.78, 5) is 160. The van der Waals surface area contributed by atoms with Gasteiger partial charge < -0.3 is 77.5 Å². The molecule has 3 radical (unpaired) electrons. The van der Waals surface area contributed by atoms with Crippen LogP contribution in [0.15, 0.2) is 119 Å². The van der Waals surface area contributed by atoms with Gasteiger partial charge in [-0.25, -0.2) is 40.7 Å². The lowest BCUT2D eigenvalue weighted by molar-refractivity contribution is -0.159. The lowest BCUT2D eigenvalue weighted by Gasteiger charge is -2.35. The normalized spacial score (nSPS) is 22.3. The zero-order chi connectivity index (χ0) is 89.9. The van der Waals surface area contributed by atoms with E-state index in [2.05, 4.69) is 46.7 Å². The SMILES string of the molecule is CCCC(N)C(O)C(=O)NCC(=O)N[C@H](C(=O)OC(C)(C)C)c1ccccc1.CCCC(NC(=O)C1C[C@@H]2CN1C(=O)C(C1CCCCC1)NC(=O)CCCCc1cccc(c1)S(=O)(=O)N2)C(O)C(=O)NCC(=O)N[C@H](C(=O)OC(C)(C)C)c1ccccc1.Cl.O=C1CCCCc2cccc(c2)S(=O)(=O)N[C@@H]2CC(C(=O)O)N(C2)C(=O)C(C2CCCCC2)N1.[B]. The van der Waals surface area contributed by atoms with Crippen LogP contribution in [0.3, 0.4) is 0 Å². The predicted octanol–water partition coefficient (Wildman–Crippen LogP) is 5.33. The van der Waals surface area contributed by atoms with Gasteiger partial charge in [0.15, 0.2) is 18.2 Å². The summed E-state index contributed by atoms with van der Waals surface area (Å²) in [6, 6.07) is 20.6. The molecule has 4 aromatic carbocycles. The number of ether oxygens (including phenoxy) is 2. The summed E-state index contributed by atoms with van der Waals surface area (Å²) in [6.45, 7) is 12.7. The standard InChI is InChI=1S/C44H62N6O10S.C24H33N3O6S.C20H31N3O5.B.ClH/c1-5-15-33(39(53)41(55)45-26-36(52)48-38(30-20-10-7-11-21-30)43(57)60-44(2,3)4)46-40(54)34-25-31-27-50(34)42(56)37(29-18-8-6-9-19-29)47-35(51)23-13-12-16-28-17-14-22-32(24-28)61(58,59)49-31;28-21-12-5-4-7-16-8-6-11-19(13-16)34(32,33)26-18-14-20(24(30)31)27(15-18)23(29)22(25-21)17-9-2-1-3-10-17;1-5-9-14(21)17(25)18(26)22-12-15(24)23-16(13-10-7-6-8-11-13)19(27)28-20(2,3)4;;/h7,10-11,14,17,20-22,24,29,31,33-34,37-39,49,53H,5-6,8-9,12-13,15-16,18-19,23,25-27H2,1-4H3,(H,45,55)(H,46,54)(H,47,51)(H,48,52);6,8,11,13,17-18,20,22,26H,1-5,7,9-10,12,14-15H2,(H,25,28)(H,30,31);6-8,10-11,14,16-17,25H,5,9,12,21H2,1-4H3,(H,22,26)(H,23,24);;1H/t31-,33?,34?,37?,38+,39?;18-,20?,22?;14?,16-,17?;;/m110../s1. The van der Waals surface area contributed by atoms with Gasteiger partial charge in [0, 0.05) is 52.5 Å². The number of benzene rings is 4. The number of nitrogens with zero attached hydrogens (tertiary/aromatic N) is 2. The number of amides is 9. The molecule has 687 valence electrons. The molecule has 2 saturated carbocycles. The van der Waals surface area contributed by atoms with Crippen LogP contribution in [-0.2, 0) is 99.9 Å². The number of hydrogen-bond donors (Lipinski definition) is 13. The molecular formula is C88H127BClN12O21S2. The number of halogens is 1. The lowest BCUT2D eigenvalue weighted by atomic mass is 9.83. The summed E-state index contributed by atoms with van der Waals surface area (Å²) in [5.41, 5.74) is 6.84. The van der Waals surface area contributed by atoms with Gasteiger partial charge in [0.2, 0.25) is 61.4 Å². The molecule has 33 nitrogen and oxygen atoms in total. The van der Waals surface area contributed by atoms with Gasteiger partial charge in [-0.2, -0.15) is 0 Å². The van der Waals surface area contributed by atoms with E-state index >= 15 is 0 Å². The minimum Gasteiger partial charge on any atom is -0.480 e. The zero-order valence-electron chi connectivity index (χ0n) is 72.7. The van der Waals surface area contributed by atoms with Crippen molar-refractivity contribution in [1.82, 2.24) is 56.5 Å². The summed E-state index contributed by atoms with van der Waals surface area (Å²) in [5, 5.41) is 49.5. The van der Waals surface area contributed by atoms with Crippen LogP contribution in [0.5, 0.6) is 0 Å². The highest BCUT2D eigenvalue weighted by molar-refractivity contribution is 7.89. The van der Waals surface area contributed by atoms with Crippen molar-refractivity contribution in [3.05, 3.63) is 131 Å². The second kappa shape index (κ2) is 49.1. The van der Waals surface area contributed by atoms with E-state index < -0.39 is 176 Å². The first kappa shape index (κ1) is 104. The van der Waals surface area contributed by atoms with Crippen molar-refractivity contribution in [2.45, 2.75) is 303 Å². The first-order chi connectivity index (χ1) is 58.2. The molecule has 0 aromatic heterocycles. The number of aryl methyl sites for hydroxylation is 2. The zero-order valence-corrected chi connectivity index (χ0v) is 75.2. The Labute approximate surface area is 741 Å². The number of sulfonamides is 2. The van der Waals surface area contributed by atoms with E-state index in [1.807, 2.05) is 19.1 Å². The number of nitrogens with one attached hydrogen (secondary N) is 9. The summed E-state index contributed by atoms with van der Waals surface area (Å²) in [5.74, 6) is -7.84. The average molecular weight is 1800 g/mol. The third kappa shape index (κ3) is 32.1. The molecule has 4 heterocycles. The van der Waals surface area contributed by atoms with Crippen LogP contribution < -0.4 is 52.4 Å². The molecule has 0 spiro atoms. The molecule has 125 heavy (non-hydrogen) atoms. The van der Waals surface area contributed by atoms with Gasteiger partial charge in [0.25, 0.3) is 11.8 Å². The average Bonchev–Trinajstić information content (AvgIpc) is 1.65. The lowest BCUT2D eigenvalue weighted by Crippen LogP contribution is -2.58. The van der Waals surface area contributed by atoms with E-state index in [9.17, 15) is 89.7 Å². The topological polar surface area (TPSA) is 493 Å². The van der Waals surface area contributed by atoms with Crippen molar-refractivity contribution < 1.29 is 99.2 Å². The second-order valence-electron chi connectivity index (χ2n) is 34.6. The number of carbonyl (C=O) groups is 12. The molecule has 10 rings (SSSR count). The minimum atomic E-state index is -4.08. The monoisotopic (exact) mass is 1800 g/mol. The smallest absolute Gasteiger partial charge is 0.333 e. The number of carboxylic acid groups (broad SMARTS) is 1. The Bertz CT molecular complexity index is 4540. The van der Waals surface area contributed by atoms with Gasteiger partial charge >= 0.3 is 17.9 Å². The molecule has 4 aliphatic heterocycles. The number of aliphatic hydroxyl groups is 2. The van der Waals surface area contributed by atoms with E-state index in [4.69, 9.17) is 15.2 Å². The highest BCUT2D eigenvalue weighted by Crippen LogP contribution is 2.34. The summed E-state index contributed by atoms with van der Waals surface area (Å²) in [7, 11) is -7.96. The van der Waals surface area contributed by atoms with Crippen LogP contribution in [0, 0.1) is 11.8 Å². The van der Waals surface area contributed by atoms with Gasteiger partial charge in [-0.05, 0) is 190 Å². The summed E-state index contributed by atoms with van der Waals surface area (Å²) < 4.78 is 69.7. The summed E-state index contributed by atoms with van der Waals surface area (Å²) >= 11 is 0. The molecule has 37 heteroatoms. The van der Waals surface area contributed by atoms with Crippen LogP contribution in [0.1, 0.15) is 231 Å². The molecule has 8 unspecified atom stereocenters. The van der Waals surface area contributed by atoms with Gasteiger partial charge in [0.1, 0.15) is 41.5 Å². The Morgan fingerprint density at radius 3 is 1.29 bits per heavy atom. The third-order valence-electron chi connectivity index (χ3n) is 22.3. The van der Waals surface area contributed by atoms with Crippen molar-refractivity contribution in [3.8, 4) is 0 Å². The number of nitrogens with two attached hydrogens (primary N) is 1. The molecule has 9 amide bonds. The second-order valence-corrected chi connectivity index (χ2v) is 38.1. The minimum absolute atomic E-state index is 0. The molecule has 14 N–H and O–H groups in total. The number of carbonyl (C=O) groups excluding carboxylic acids is 11. The summed E-state index contributed by atoms with van der Waals surface area (Å²) in [6.07, 6.45) is 11.3. The Morgan fingerprint density at radius 1 is 0.512 bits per heavy atom. The molecule has 8 bridgehead atoms. The van der Waals surface area contributed by atoms with Gasteiger partial charge in [0.05, 0.1) is 28.9 Å². The number of hydrogen-bond acceptors (Lipinski definition) is 21. The maximum absolute atomic E-state index is 14.6. The van der Waals surface area contributed by atoms with Crippen molar-refractivity contribution in [2.24, 2.45) is 17.6 Å². The highest BCUT2D eigenvalue weighted by Gasteiger charge is 2.48. The quantitative estimate of drug-likeness (QED) is 0.0330. The highest BCUT2D eigenvalue weighted by atomic mass is 35.5. The van der Waals surface area contributed by atoms with Gasteiger partial charge in [-0.3, -0.25) is 43.2 Å². The molecule has 4 fully saturated rings. The van der Waals surface area contributed by atoms with Crippen LogP contribution in [-0.4, -0.2) is 219 Å². The Morgan fingerprint density at radius 2 is 0.896 bits per heavy atom. The third-order valence-corrected chi connectivity index (χ3v) is 25.4. The number of carboxylic acids is 1. The first-order valence-electron chi connectivity index (χ1n) is 43.0. The van der Waals surface area contributed by atoms with Crippen LogP contribution in [0.4, 0.5) is 0 Å². The number of aliphatic hydroxyl groups excluding tert-OH is 2. The van der Waals surface area contributed by atoms with Crippen LogP contribution in [0.25, 0.3) is 0 Å². The van der Waals surface area contributed by atoms with E-state index in [1.54, 1.807) is 133 Å². The fourth-order valence-corrected chi connectivity index (χ4v) is 18.8. The van der Waals surface area contributed by atoms with Crippen molar-refractivity contribution >= 4 is 112 Å².